The Labute approximate surface area is 143 Å². The van der Waals surface area contributed by atoms with Crippen LogP contribution in [0.2, 0.25) is 0 Å². The van der Waals surface area contributed by atoms with Gasteiger partial charge in [0.15, 0.2) is 17.5 Å². The molecule has 0 amide bonds. The standard InChI is InChI=1S/C17H27N3O2S/c1-17(2)12-20(8-9-23-17)16(18-3)19-11-13-6-7-14(21-4)15(10-13)22-5/h6-7,10H,8-9,11-12H2,1-5H3,(H,18,19). The number of hydrogen-bond acceptors (Lipinski definition) is 4. The van der Waals surface area contributed by atoms with Crippen molar-refractivity contribution in [1.82, 2.24) is 10.2 Å². The molecule has 0 radical (unpaired) electrons. The Balaban J connectivity index is 2.01. The molecular formula is C17H27N3O2S. The Hall–Kier alpha value is -1.56. The largest absolute Gasteiger partial charge is 0.493 e. The second-order valence-electron chi connectivity index (χ2n) is 6.12. The second-order valence-corrected chi connectivity index (χ2v) is 7.92. The molecule has 0 spiro atoms. The third-order valence-electron chi connectivity index (χ3n) is 3.84. The van der Waals surface area contributed by atoms with Crippen LogP contribution in [0.4, 0.5) is 0 Å². The molecule has 1 aliphatic rings. The molecule has 0 unspecified atom stereocenters. The summed E-state index contributed by atoms with van der Waals surface area (Å²) in [5.74, 6) is 3.57. The molecule has 0 aromatic heterocycles. The van der Waals surface area contributed by atoms with Gasteiger partial charge in [0.05, 0.1) is 14.2 Å². The number of nitrogens with zero attached hydrogens (tertiary/aromatic N) is 2. The summed E-state index contributed by atoms with van der Waals surface area (Å²) < 4.78 is 10.9. The Morgan fingerprint density at radius 2 is 2.04 bits per heavy atom. The van der Waals surface area contributed by atoms with Crippen LogP contribution < -0.4 is 14.8 Å². The van der Waals surface area contributed by atoms with Crippen LogP contribution >= 0.6 is 11.8 Å². The average Bonchev–Trinajstić information content (AvgIpc) is 2.54. The molecule has 1 aromatic carbocycles. The van der Waals surface area contributed by atoms with E-state index in [4.69, 9.17) is 9.47 Å². The first-order chi connectivity index (χ1) is 11.0. The lowest BCUT2D eigenvalue weighted by molar-refractivity contribution is 0.354. The van der Waals surface area contributed by atoms with Gasteiger partial charge in [0.25, 0.3) is 0 Å². The van der Waals surface area contributed by atoms with E-state index in [-0.39, 0.29) is 4.75 Å². The van der Waals surface area contributed by atoms with Crippen LogP contribution in [0.1, 0.15) is 19.4 Å². The predicted octanol–water partition coefficient (Wildman–Crippen LogP) is 2.61. The number of ether oxygens (including phenoxy) is 2. The topological polar surface area (TPSA) is 46.1 Å². The third kappa shape index (κ3) is 4.70. The Bertz CT molecular complexity index is 561. The van der Waals surface area contributed by atoms with Crippen molar-refractivity contribution in [2.24, 2.45) is 4.99 Å². The SMILES string of the molecule is CN=C(NCc1ccc(OC)c(OC)c1)N1CCSC(C)(C)C1. The summed E-state index contributed by atoms with van der Waals surface area (Å²) in [6, 6.07) is 5.96. The van der Waals surface area contributed by atoms with Crippen LogP contribution in [0.3, 0.4) is 0 Å². The second kappa shape index (κ2) is 7.81. The number of benzene rings is 1. The van der Waals surface area contributed by atoms with Gasteiger partial charge in [-0.15, -0.1) is 0 Å². The van der Waals surface area contributed by atoms with Crippen molar-refractivity contribution in [2.75, 3.05) is 40.1 Å². The van der Waals surface area contributed by atoms with Crippen LogP contribution in [0.5, 0.6) is 11.5 Å². The minimum atomic E-state index is 0.263. The highest BCUT2D eigenvalue weighted by atomic mass is 32.2. The minimum Gasteiger partial charge on any atom is -0.493 e. The van der Waals surface area contributed by atoms with Crippen molar-refractivity contribution >= 4 is 17.7 Å². The zero-order valence-corrected chi connectivity index (χ0v) is 15.5. The summed E-state index contributed by atoms with van der Waals surface area (Å²) in [6.07, 6.45) is 0. The molecule has 0 atom stereocenters. The zero-order chi connectivity index (χ0) is 16.9. The maximum absolute atomic E-state index is 5.36. The maximum atomic E-state index is 5.36. The summed E-state index contributed by atoms with van der Waals surface area (Å²) in [5, 5.41) is 3.45. The number of guanidine groups is 1. The van der Waals surface area contributed by atoms with Gasteiger partial charge in [-0.2, -0.15) is 11.8 Å². The Kier molecular flexibility index (Phi) is 6.04. The first kappa shape index (κ1) is 17.8. The molecule has 1 aliphatic heterocycles. The molecule has 1 heterocycles. The molecule has 1 fully saturated rings. The quantitative estimate of drug-likeness (QED) is 0.676. The molecule has 1 saturated heterocycles. The molecule has 0 bridgehead atoms. The lowest BCUT2D eigenvalue weighted by Crippen LogP contribution is -2.50. The minimum absolute atomic E-state index is 0.263. The molecule has 6 heteroatoms. The van der Waals surface area contributed by atoms with Crippen LogP contribution in [0.25, 0.3) is 0 Å². The molecule has 5 nitrogen and oxygen atoms in total. The third-order valence-corrected chi connectivity index (χ3v) is 5.13. The number of hydrogen-bond donors (Lipinski definition) is 1. The Morgan fingerprint density at radius 3 is 2.65 bits per heavy atom. The van der Waals surface area contributed by atoms with Crippen LogP contribution in [0.15, 0.2) is 23.2 Å². The fraction of sp³-hybridized carbons (Fsp3) is 0.588. The molecule has 0 saturated carbocycles. The van der Waals surface area contributed by atoms with Gasteiger partial charge in [0, 0.05) is 37.2 Å². The summed E-state index contributed by atoms with van der Waals surface area (Å²) >= 11 is 2.02. The van der Waals surface area contributed by atoms with E-state index in [1.165, 1.54) is 0 Å². The lowest BCUT2D eigenvalue weighted by Gasteiger charge is -2.39. The highest BCUT2D eigenvalue weighted by Crippen LogP contribution is 2.30. The van der Waals surface area contributed by atoms with Crippen LogP contribution in [-0.4, -0.2) is 55.7 Å². The maximum Gasteiger partial charge on any atom is 0.193 e. The summed E-state index contributed by atoms with van der Waals surface area (Å²) in [4.78, 5) is 6.77. The number of rotatable bonds is 4. The first-order valence-corrected chi connectivity index (χ1v) is 8.78. The smallest absolute Gasteiger partial charge is 0.193 e. The van der Waals surface area contributed by atoms with E-state index in [0.29, 0.717) is 6.54 Å². The highest BCUT2D eigenvalue weighted by molar-refractivity contribution is 8.00. The van der Waals surface area contributed by atoms with Gasteiger partial charge in [0.2, 0.25) is 0 Å². The molecule has 128 valence electrons. The fourth-order valence-electron chi connectivity index (χ4n) is 2.70. The lowest BCUT2D eigenvalue weighted by atomic mass is 10.2. The molecular weight excluding hydrogens is 310 g/mol. The molecule has 2 rings (SSSR count). The number of methoxy groups -OCH3 is 2. The van der Waals surface area contributed by atoms with Gasteiger partial charge in [-0.25, -0.2) is 0 Å². The zero-order valence-electron chi connectivity index (χ0n) is 14.7. The van der Waals surface area contributed by atoms with E-state index < -0.39 is 0 Å². The van der Waals surface area contributed by atoms with Crippen LogP contribution in [0, 0.1) is 0 Å². The average molecular weight is 337 g/mol. The van der Waals surface area contributed by atoms with Crippen LogP contribution in [-0.2, 0) is 6.54 Å². The van der Waals surface area contributed by atoms with E-state index >= 15 is 0 Å². The van der Waals surface area contributed by atoms with Gasteiger partial charge in [-0.3, -0.25) is 4.99 Å². The van der Waals surface area contributed by atoms with E-state index in [1.807, 2.05) is 37.0 Å². The van der Waals surface area contributed by atoms with Gasteiger partial charge in [-0.05, 0) is 31.5 Å². The van der Waals surface area contributed by atoms with Gasteiger partial charge in [0.1, 0.15) is 0 Å². The number of aliphatic imine (C=N–C) groups is 1. The molecule has 1 N–H and O–H groups in total. The molecule has 0 aliphatic carbocycles. The van der Waals surface area contributed by atoms with Crippen molar-refractivity contribution in [3.63, 3.8) is 0 Å². The molecule has 23 heavy (non-hydrogen) atoms. The first-order valence-electron chi connectivity index (χ1n) is 7.79. The van der Waals surface area contributed by atoms with Crippen molar-refractivity contribution < 1.29 is 9.47 Å². The predicted molar refractivity (Wildman–Crippen MR) is 97.9 cm³/mol. The van der Waals surface area contributed by atoms with E-state index in [1.54, 1.807) is 14.2 Å². The van der Waals surface area contributed by atoms with E-state index in [0.717, 1.165) is 41.9 Å². The number of thioether (sulfide) groups is 1. The Morgan fingerprint density at radius 1 is 1.30 bits per heavy atom. The van der Waals surface area contributed by atoms with Crippen molar-refractivity contribution in [1.29, 1.82) is 0 Å². The monoisotopic (exact) mass is 337 g/mol. The normalized spacial score (nSPS) is 17.8. The summed E-state index contributed by atoms with van der Waals surface area (Å²) in [5.41, 5.74) is 1.13. The van der Waals surface area contributed by atoms with Crippen molar-refractivity contribution in [3.05, 3.63) is 23.8 Å². The van der Waals surface area contributed by atoms with Gasteiger partial charge < -0.3 is 19.7 Å². The highest BCUT2D eigenvalue weighted by Gasteiger charge is 2.28. The van der Waals surface area contributed by atoms with E-state index in [2.05, 4.69) is 29.1 Å². The van der Waals surface area contributed by atoms with E-state index in [9.17, 15) is 0 Å². The van der Waals surface area contributed by atoms with Gasteiger partial charge >= 0.3 is 0 Å². The fourth-order valence-corrected chi connectivity index (χ4v) is 3.81. The summed E-state index contributed by atoms with van der Waals surface area (Å²) in [7, 11) is 5.14. The van der Waals surface area contributed by atoms with Crippen molar-refractivity contribution in [2.45, 2.75) is 25.1 Å². The summed E-state index contributed by atoms with van der Waals surface area (Å²) in [6.45, 7) is 7.30. The van der Waals surface area contributed by atoms with Crippen molar-refractivity contribution in [3.8, 4) is 11.5 Å². The number of nitrogens with one attached hydrogen (secondary N) is 1. The molecule has 1 aromatic rings. The van der Waals surface area contributed by atoms with Gasteiger partial charge in [-0.1, -0.05) is 6.07 Å².